The van der Waals surface area contributed by atoms with Crippen molar-refractivity contribution in [2.24, 2.45) is 0 Å². The molecule has 0 aromatic heterocycles. The second-order valence-corrected chi connectivity index (χ2v) is 15.9. The summed E-state index contributed by atoms with van der Waals surface area (Å²) in [7, 11) is 0. The van der Waals surface area contributed by atoms with E-state index in [1.165, 1.54) is 109 Å². The second kappa shape index (κ2) is 44.4. The van der Waals surface area contributed by atoms with Crippen molar-refractivity contribution in [3.8, 4) is 0 Å². The van der Waals surface area contributed by atoms with E-state index in [4.69, 9.17) is 4.74 Å². The maximum Gasteiger partial charge on any atom is 0.306 e. The fourth-order valence-corrected chi connectivity index (χ4v) is 6.88. The number of amides is 1. The molecule has 0 aliphatic rings. The van der Waals surface area contributed by atoms with Crippen molar-refractivity contribution >= 4 is 11.9 Å². The van der Waals surface area contributed by atoms with E-state index in [9.17, 15) is 19.8 Å². The highest BCUT2D eigenvalue weighted by Gasteiger charge is 2.24. The first kappa shape index (κ1) is 54.3. The number of unbranched alkanes of at least 4 members (excludes halogenated alkanes) is 22. The lowest BCUT2D eigenvalue weighted by Gasteiger charge is -2.24. The molecule has 3 atom stereocenters. The third kappa shape index (κ3) is 39.9. The number of nitrogens with one attached hydrogen (secondary N) is 1. The van der Waals surface area contributed by atoms with E-state index in [1.807, 2.05) is 60.8 Å². The molecule has 0 aliphatic heterocycles. The minimum absolute atomic E-state index is 0.0254. The van der Waals surface area contributed by atoms with Crippen molar-refractivity contribution in [3.05, 3.63) is 72.9 Å². The zero-order valence-electron chi connectivity index (χ0n) is 37.2. The van der Waals surface area contributed by atoms with Crippen molar-refractivity contribution in [2.45, 2.75) is 232 Å². The van der Waals surface area contributed by atoms with Crippen LogP contribution in [0, 0.1) is 0 Å². The number of aliphatic hydroxyl groups excluding tert-OH is 2. The van der Waals surface area contributed by atoms with E-state index in [1.54, 1.807) is 0 Å². The number of esters is 1. The molecule has 0 aromatic rings. The Morgan fingerprint density at radius 2 is 0.947 bits per heavy atom. The molecule has 328 valence electrons. The zero-order chi connectivity index (χ0) is 41.7. The molecule has 1 amide bonds. The van der Waals surface area contributed by atoms with Gasteiger partial charge in [-0.3, -0.25) is 9.59 Å². The third-order valence-corrected chi connectivity index (χ3v) is 10.5. The predicted molar refractivity (Wildman–Crippen MR) is 245 cm³/mol. The van der Waals surface area contributed by atoms with Gasteiger partial charge in [-0.25, -0.2) is 0 Å². The quantitative estimate of drug-likeness (QED) is 0.0325. The topological polar surface area (TPSA) is 95.9 Å². The van der Waals surface area contributed by atoms with Gasteiger partial charge >= 0.3 is 5.97 Å². The minimum Gasteiger partial charge on any atom is -0.462 e. The Kier molecular flexibility index (Phi) is 42.3. The van der Waals surface area contributed by atoms with Gasteiger partial charge in [0.1, 0.15) is 6.10 Å². The lowest BCUT2D eigenvalue weighted by atomic mass is 10.0. The van der Waals surface area contributed by atoms with Gasteiger partial charge in [0.25, 0.3) is 0 Å². The summed E-state index contributed by atoms with van der Waals surface area (Å²) < 4.78 is 5.86. The predicted octanol–water partition coefficient (Wildman–Crippen LogP) is 13.8. The molecule has 0 aliphatic carbocycles. The van der Waals surface area contributed by atoms with Crippen molar-refractivity contribution < 1.29 is 24.5 Å². The van der Waals surface area contributed by atoms with E-state index in [0.717, 1.165) is 57.8 Å². The maximum atomic E-state index is 13.1. The first-order valence-electron chi connectivity index (χ1n) is 23.7. The summed E-state index contributed by atoms with van der Waals surface area (Å²) in [5.41, 5.74) is 0. The molecule has 0 saturated heterocycles. The normalized spacial score (nSPS) is 14.0. The van der Waals surface area contributed by atoms with Gasteiger partial charge in [0.05, 0.1) is 25.2 Å². The standard InChI is InChI=1S/C51H89NO5/c1-4-7-10-13-16-19-21-23-25-26-28-31-33-36-39-42-47(57-51(56)44-41-38-35-30-18-15-12-9-6-3)45-50(55)52-48(46-53)49(54)43-40-37-34-32-29-27-24-22-20-17-14-11-8-5-2/h7,10,13,16,19,21,23,25-26,28,31,33,47-49,53-54H,4-6,8-9,11-12,14-15,17-18,20,22,24,27,29-30,32,34-46H2,1-3H3,(H,52,55)/b10-7-,16-13+,21-19+,25-23-,28-26+,33-31+. The van der Waals surface area contributed by atoms with Crippen LogP contribution >= 0.6 is 0 Å². The molecule has 6 heteroatoms. The van der Waals surface area contributed by atoms with E-state index in [2.05, 4.69) is 38.2 Å². The fourth-order valence-electron chi connectivity index (χ4n) is 6.88. The summed E-state index contributed by atoms with van der Waals surface area (Å²) in [6, 6.07) is -0.725. The first-order valence-corrected chi connectivity index (χ1v) is 23.7. The highest BCUT2D eigenvalue weighted by molar-refractivity contribution is 5.77. The first-order chi connectivity index (χ1) is 28.0. The lowest BCUT2D eigenvalue weighted by Crippen LogP contribution is -2.46. The van der Waals surface area contributed by atoms with Crippen LogP contribution < -0.4 is 5.32 Å². The third-order valence-electron chi connectivity index (χ3n) is 10.5. The van der Waals surface area contributed by atoms with Crippen molar-refractivity contribution in [1.29, 1.82) is 0 Å². The number of ether oxygens (including phenoxy) is 1. The van der Waals surface area contributed by atoms with Gasteiger partial charge in [0, 0.05) is 6.42 Å². The van der Waals surface area contributed by atoms with Gasteiger partial charge in [0.15, 0.2) is 0 Å². The molecule has 3 unspecified atom stereocenters. The Morgan fingerprint density at radius 1 is 0.526 bits per heavy atom. The largest absolute Gasteiger partial charge is 0.462 e. The Labute approximate surface area is 351 Å². The molecule has 3 N–H and O–H groups in total. The smallest absolute Gasteiger partial charge is 0.306 e. The Hall–Kier alpha value is -2.70. The van der Waals surface area contributed by atoms with Crippen molar-refractivity contribution in [3.63, 3.8) is 0 Å². The SMILES string of the molecule is CC\C=C/C=C/C=C/C=C\C=C\C=C\CCCC(CC(=O)NC(CO)C(O)CCCCCCCCCCCCCCCC)OC(=O)CCCCCCCCCCC. The van der Waals surface area contributed by atoms with Gasteiger partial charge in [-0.1, -0.05) is 235 Å². The molecule has 0 bridgehead atoms. The van der Waals surface area contributed by atoms with E-state index in [-0.39, 0.29) is 24.9 Å². The lowest BCUT2D eigenvalue weighted by molar-refractivity contribution is -0.151. The van der Waals surface area contributed by atoms with Crippen LogP contribution in [0.15, 0.2) is 72.9 Å². The summed E-state index contributed by atoms with van der Waals surface area (Å²) in [5.74, 6) is -0.554. The van der Waals surface area contributed by atoms with Crippen LogP contribution in [0.3, 0.4) is 0 Å². The fraction of sp³-hybridized carbons (Fsp3) is 0.725. The maximum absolute atomic E-state index is 13.1. The van der Waals surface area contributed by atoms with E-state index >= 15 is 0 Å². The van der Waals surface area contributed by atoms with Gasteiger partial charge in [-0.2, -0.15) is 0 Å². The number of rotatable bonds is 41. The molecule has 0 rings (SSSR count). The van der Waals surface area contributed by atoms with Crippen LogP contribution in [0.2, 0.25) is 0 Å². The molecule has 0 aromatic carbocycles. The number of hydrogen-bond acceptors (Lipinski definition) is 5. The number of allylic oxidation sites excluding steroid dienone is 12. The number of carbonyl (C=O) groups is 2. The molecule has 0 spiro atoms. The average molecular weight is 796 g/mol. The highest BCUT2D eigenvalue weighted by atomic mass is 16.5. The highest BCUT2D eigenvalue weighted by Crippen LogP contribution is 2.17. The monoisotopic (exact) mass is 796 g/mol. The minimum atomic E-state index is -0.808. The molecule has 0 heterocycles. The number of hydrogen-bond donors (Lipinski definition) is 3. The number of aliphatic hydroxyl groups is 2. The van der Waals surface area contributed by atoms with Crippen molar-refractivity contribution in [1.82, 2.24) is 5.32 Å². The Bertz CT molecular complexity index is 1070. The average Bonchev–Trinajstić information content (AvgIpc) is 3.20. The summed E-state index contributed by atoms with van der Waals surface area (Å²) in [6.45, 7) is 6.29. The Balaban J connectivity index is 4.70. The summed E-state index contributed by atoms with van der Waals surface area (Å²) in [6.07, 6.45) is 55.3. The zero-order valence-corrected chi connectivity index (χ0v) is 37.2. The van der Waals surface area contributed by atoms with Gasteiger partial charge in [0.2, 0.25) is 5.91 Å². The Morgan fingerprint density at radius 3 is 1.40 bits per heavy atom. The molecule has 57 heavy (non-hydrogen) atoms. The summed E-state index contributed by atoms with van der Waals surface area (Å²) in [4.78, 5) is 26.0. The molecule has 0 fully saturated rings. The number of carbonyl (C=O) groups excluding carboxylic acids is 2. The van der Waals surface area contributed by atoms with Crippen LogP contribution in [0.5, 0.6) is 0 Å². The van der Waals surface area contributed by atoms with Gasteiger partial charge in [-0.05, 0) is 38.5 Å². The molecule has 6 nitrogen and oxygen atoms in total. The van der Waals surface area contributed by atoms with Gasteiger partial charge in [-0.15, -0.1) is 0 Å². The summed E-state index contributed by atoms with van der Waals surface area (Å²) >= 11 is 0. The molecular weight excluding hydrogens is 707 g/mol. The van der Waals surface area contributed by atoms with Gasteiger partial charge < -0.3 is 20.3 Å². The van der Waals surface area contributed by atoms with Crippen LogP contribution in [0.1, 0.15) is 213 Å². The second-order valence-electron chi connectivity index (χ2n) is 15.9. The van der Waals surface area contributed by atoms with Crippen molar-refractivity contribution in [2.75, 3.05) is 6.61 Å². The van der Waals surface area contributed by atoms with E-state index < -0.39 is 18.2 Å². The molecular formula is C51H89NO5. The van der Waals surface area contributed by atoms with Crippen LogP contribution in [-0.4, -0.2) is 46.9 Å². The molecule has 0 saturated carbocycles. The van der Waals surface area contributed by atoms with E-state index in [0.29, 0.717) is 19.3 Å². The van der Waals surface area contributed by atoms with Crippen LogP contribution in [-0.2, 0) is 14.3 Å². The molecule has 0 radical (unpaired) electrons. The summed E-state index contributed by atoms with van der Waals surface area (Å²) in [5, 5.41) is 23.7. The van der Waals surface area contributed by atoms with Crippen LogP contribution in [0.25, 0.3) is 0 Å². The van der Waals surface area contributed by atoms with Crippen LogP contribution in [0.4, 0.5) is 0 Å².